The molecule has 0 saturated carbocycles. The van der Waals surface area contributed by atoms with Crippen molar-refractivity contribution in [3.8, 4) is 0 Å². The Balaban J connectivity index is 2.17. The summed E-state index contributed by atoms with van der Waals surface area (Å²) in [7, 11) is 0. The van der Waals surface area contributed by atoms with E-state index in [1.165, 1.54) is 0 Å². The van der Waals surface area contributed by atoms with Crippen LogP contribution in [0.4, 0.5) is 0 Å². The highest BCUT2D eigenvalue weighted by Crippen LogP contribution is 2.07. The first-order valence-corrected chi connectivity index (χ1v) is 4.21. The van der Waals surface area contributed by atoms with E-state index in [4.69, 9.17) is 0 Å². The number of rotatable bonds is 2. The van der Waals surface area contributed by atoms with E-state index >= 15 is 0 Å². The number of halogens is 1. The Morgan fingerprint density at radius 1 is 1.75 bits per heavy atom. The SMILES string of the molecule is O=C1CCN1CCI. The molecule has 0 radical (unpaired) electrons. The summed E-state index contributed by atoms with van der Waals surface area (Å²) >= 11 is 2.28. The van der Waals surface area contributed by atoms with Crippen molar-refractivity contribution >= 4 is 28.5 Å². The number of carbonyl (C=O) groups is 1. The van der Waals surface area contributed by atoms with Crippen LogP contribution in [0.25, 0.3) is 0 Å². The first-order chi connectivity index (χ1) is 3.84. The average Bonchev–Trinajstić information content (AvgIpc) is 1.79. The van der Waals surface area contributed by atoms with Gasteiger partial charge in [-0.3, -0.25) is 4.79 Å². The van der Waals surface area contributed by atoms with Crippen molar-refractivity contribution in [1.82, 2.24) is 4.90 Å². The topological polar surface area (TPSA) is 20.3 Å². The lowest BCUT2D eigenvalue weighted by molar-refractivity contribution is -0.139. The summed E-state index contributed by atoms with van der Waals surface area (Å²) in [6.07, 6.45) is 0.774. The molecule has 0 aromatic heterocycles. The highest BCUT2D eigenvalue weighted by Gasteiger charge is 2.21. The first-order valence-electron chi connectivity index (χ1n) is 2.68. The maximum absolute atomic E-state index is 10.5. The molecule has 0 spiro atoms. The minimum Gasteiger partial charge on any atom is -0.341 e. The summed E-state index contributed by atoms with van der Waals surface area (Å²) in [5.41, 5.74) is 0. The second-order valence-corrected chi connectivity index (χ2v) is 2.90. The number of amides is 1. The van der Waals surface area contributed by atoms with Gasteiger partial charge in [0.05, 0.1) is 0 Å². The third-order valence-corrected chi connectivity index (χ3v) is 1.79. The van der Waals surface area contributed by atoms with Crippen molar-refractivity contribution in [3.05, 3.63) is 0 Å². The van der Waals surface area contributed by atoms with E-state index in [1.54, 1.807) is 0 Å². The largest absolute Gasteiger partial charge is 0.341 e. The van der Waals surface area contributed by atoms with Gasteiger partial charge in [-0.25, -0.2) is 0 Å². The van der Waals surface area contributed by atoms with Crippen LogP contribution in [-0.2, 0) is 4.79 Å². The van der Waals surface area contributed by atoms with E-state index in [2.05, 4.69) is 22.6 Å². The monoisotopic (exact) mass is 225 g/mol. The third kappa shape index (κ3) is 1.13. The van der Waals surface area contributed by atoms with Crippen LogP contribution in [0.5, 0.6) is 0 Å². The molecule has 8 heavy (non-hydrogen) atoms. The fourth-order valence-electron chi connectivity index (χ4n) is 0.700. The molecule has 0 aromatic carbocycles. The fourth-order valence-corrected chi connectivity index (χ4v) is 1.28. The van der Waals surface area contributed by atoms with Crippen LogP contribution in [-0.4, -0.2) is 28.3 Å². The van der Waals surface area contributed by atoms with Crippen molar-refractivity contribution in [2.24, 2.45) is 0 Å². The van der Waals surface area contributed by atoms with Gasteiger partial charge in [0.1, 0.15) is 0 Å². The van der Waals surface area contributed by atoms with Crippen LogP contribution in [0, 0.1) is 0 Å². The molecule has 1 fully saturated rings. The van der Waals surface area contributed by atoms with Gasteiger partial charge in [0, 0.05) is 23.9 Å². The molecular formula is C5H8INO. The van der Waals surface area contributed by atoms with Gasteiger partial charge in [-0.05, 0) is 0 Å². The van der Waals surface area contributed by atoms with Crippen LogP contribution in [0.1, 0.15) is 6.42 Å². The highest BCUT2D eigenvalue weighted by molar-refractivity contribution is 14.1. The smallest absolute Gasteiger partial charge is 0.224 e. The molecule has 0 atom stereocenters. The predicted octanol–water partition coefficient (Wildman–Crippen LogP) is 0.654. The van der Waals surface area contributed by atoms with E-state index in [0.29, 0.717) is 5.91 Å². The molecule has 0 N–H and O–H groups in total. The number of alkyl halides is 1. The average molecular weight is 225 g/mol. The molecule has 1 saturated heterocycles. The standard InChI is InChI=1S/C5H8INO/c6-2-4-7-3-1-5(7)8/h1-4H2. The lowest BCUT2D eigenvalue weighted by atomic mass is 10.2. The zero-order valence-electron chi connectivity index (χ0n) is 4.56. The van der Waals surface area contributed by atoms with E-state index in [-0.39, 0.29) is 0 Å². The van der Waals surface area contributed by atoms with Crippen molar-refractivity contribution in [1.29, 1.82) is 0 Å². The second kappa shape index (κ2) is 2.66. The van der Waals surface area contributed by atoms with Crippen LogP contribution in [0.3, 0.4) is 0 Å². The lowest BCUT2D eigenvalue weighted by Crippen LogP contribution is -2.44. The van der Waals surface area contributed by atoms with Gasteiger partial charge in [-0.2, -0.15) is 0 Å². The summed E-state index contributed by atoms with van der Waals surface area (Å²) < 4.78 is 1.06. The van der Waals surface area contributed by atoms with Gasteiger partial charge in [-0.15, -0.1) is 0 Å². The molecule has 46 valence electrons. The zero-order valence-corrected chi connectivity index (χ0v) is 6.72. The molecule has 3 heteroatoms. The molecule has 1 aliphatic rings. The number of hydrogen-bond donors (Lipinski definition) is 0. The number of carbonyl (C=O) groups excluding carboxylic acids is 1. The summed E-state index contributed by atoms with van der Waals surface area (Å²) in [5.74, 6) is 0.321. The van der Waals surface area contributed by atoms with Crippen molar-refractivity contribution in [3.63, 3.8) is 0 Å². The Morgan fingerprint density at radius 3 is 2.62 bits per heavy atom. The summed E-state index contributed by atoms with van der Waals surface area (Å²) in [5, 5.41) is 0. The molecule has 2 nitrogen and oxygen atoms in total. The summed E-state index contributed by atoms with van der Waals surface area (Å²) in [6, 6.07) is 0. The normalized spacial score (nSPS) is 18.6. The summed E-state index contributed by atoms with van der Waals surface area (Å²) in [6.45, 7) is 1.93. The molecule has 0 aromatic rings. The second-order valence-electron chi connectivity index (χ2n) is 1.82. The molecule has 0 unspecified atom stereocenters. The Bertz CT molecular complexity index is 105. The van der Waals surface area contributed by atoms with Crippen LogP contribution in [0.2, 0.25) is 0 Å². The van der Waals surface area contributed by atoms with Crippen molar-refractivity contribution < 1.29 is 4.79 Å². The van der Waals surface area contributed by atoms with E-state index < -0.39 is 0 Å². The fraction of sp³-hybridized carbons (Fsp3) is 0.800. The Kier molecular flexibility index (Phi) is 2.10. The van der Waals surface area contributed by atoms with Crippen LogP contribution in [0.15, 0.2) is 0 Å². The van der Waals surface area contributed by atoms with E-state index in [1.807, 2.05) is 4.90 Å². The first kappa shape index (κ1) is 6.32. The molecular weight excluding hydrogens is 217 g/mol. The third-order valence-electron chi connectivity index (χ3n) is 1.30. The van der Waals surface area contributed by atoms with Gasteiger partial charge in [-0.1, -0.05) is 22.6 Å². The molecule has 1 heterocycles. The van der Waals surface area contributed by atoms with Gasteiger partial charge in [0.15, 0.2) is 0 Å². The summed E-state index contributed by atoms with van der Waals surface area (Å²) in [4.78, 5) is 12.4. The number of nitrogens with zero attached hydrogens (tertiary/aromatic N) is 1. The van der Waals surface area contributed by atoms with Gasteiger partial charge in [0.25, 0.3) is 0 Å². The lowest BCUT2D eigenvalue weighted by Gasteiger charge is -2.29. The molecule has 1 amide bonds. The minimum atomic E-state index is 0.321. The van der Waals surface area contributed by atoms with Gasteiger partial charge < -0.3 is 4.90 Å². The quantitative estimate of drug-likeness (QED) is 0.384. The Hall–Kier alpha value is 0.200. The molecule has 1 aliphatic heterocycles. The maximum atomic E-state index is 10.5. The van der Waals surface area contributed by atoms with Crippen LogP contribution >= 0.6 is 22.6 Å². The zero-order chi connectivity index (χ0) is 5.98. The maximum Gasteiger partial charge on any atom is 0.224 e. The van der Waals surface area contributed by atoms with Crippen molar-refractivity contribution in [2.45, 2.75) is 6.42 Å². The van der Waals surface area contributed by atoms with Crippen molar-refractivity contribution in [2.75, 3.05) is 17.5 Å². The number of hydrogen-bond acceptors (Lipinski definition) is 1. The molecule has 0 bridgehead atoms. The van der Waals surface area contributed by atoms with E-state index in [9.17, 15) is 4.79 Å². The Labute approximate surface area is 62.4 Å². The minimum absolute atomic E-state index is 0.321. The van der Waals surface area contributed by atoms with Gasteiger partial charge in [0.2, 0.25) is 5.91 Å². The molecule has 0 aliphatic carbocycles. The van der Waals surface area contributed by atoms with Gasteiger partial charge >= 0.3 is 0 Å². The van der Waals surface area contributed by atoms with Crippen LogP contribution < -0.4 is 0 Å². The predicted molar refractivity (Wildman–Crippen MR) is 40.1 cm³/mol. The highest BCUT2D eigenvalue weighted by atomic mass is 127. The Morgan fingerprint density at radius 2 is 2.50 bits per heavy atom. The number of β-lactam (4-membered cyclic amide) rings is 1. The van der Waals surface area contributed by atoms with E-state index in [0.717, 1.165) is 23.9 Å². The molecule has 1 rings (SSSR count). The number of likely N-dealkylation sites (tertiary alicyclic amines) is 1.